The maximum Gasteiger partial charge on any atom is 0.325 e. The van der Waals surface area contributed by atoms with E-state index < -0.39 is 5.54 Å². The first kappa shape index (κ1) is 17.9. The van der Waals surface area contributed by atoms with E-state index in [-0.39, 0.29) is 30.8 Å². The van der Waals surface area contributed by atoms with E-state index in [0.717, 1.165) is 18.4 Å². The number of nitrogens with one attached hydrogen (secondary N) is 2. The SMILES string of the molecule is N#Cc1cccc(CNC(=O)CCCN2C(=O)NC3(CCCC3)C2=O)c1. The van der Waals surface area contributed by atoms with Crippen LogP contribution in [0.5, 0.6) is 0 Å². The van der Waals surface area contributed by atoms with Crippen LogP contribution in [-0.2, 0) is 16.1 Å². The molecule has 7 nitrogen and oxygen atoms in total. The Hall–Kier alpha value is -2.88. The first-order chi connectivity index (χ1) is 12.5. The molecule has 3 rings (SSSR count). The van der Waals surface area contributed by atoms with Crippen LogP contribution in [-0.4, -0.2) is 34.8 Å². The van der Waals surface area contributed by atoms with Crippen molar-refractivity contribution in [2.45, 2.75) is 50.6 Å². The molecule has 2 fully saturated rings. The first-order valence-electron chi connectivity index (χ1n) is 8.94. The third-order valence-corrected chi connectivity index (χ3v) is 5.03. The van der Waals surface area contributed by atoms with E-state index in [4.69, 9.17) is 5.26 Å². The molecule has 1 aromatic rings. The van der Waals surface area contributed by atoms with Gasteiger partial charge in [0.05, 0.1) is 11.6 Å². The summed E-state index contributed by atoms with van der Waals surface area (Å²) in [6, 6.07) is 8.78. The number of hydrogen-bond acceptors (Lipinski definition) is 4. The number of urea groups is 1. The van der Waals surface area contributed by atoms with E-state index in [2.05, 4.69) is 16.7 Å². The molecular formula is C19H22N4O3. The van der Waals surface area contributed by atoms with Crippen molar-refractivity contribution in [3.63, 3.8) is 0 Å². The van der Waals surface area contributed by atoms with Gasteiger partial charge in [-0.25, -0.2) is 4.79 Å². The van der Waals surface area contributed by atoms with Crippen LogP contribution in [0.15, 0.2) is 24.3 Å². The molecule has 1 saturated carbocycles. The molecule has 7 heteroatoms. The average Bonchev–Trinajstić information content (AvgIpc) is 3.20. The summed E-state index contributed by atoms with van der Waals surface area (Å²) < 4.78 is 0. The zero-order chi connectivity index (χ0) is 18.6. The molecule has 2 N–H and O–H groups in total. The number of imide groups is 1. The second kappa shape index (κ2) is 7.56. The van der Waals surface area contributed by atoms with Gasteiger partial charge in [-0.05, 0) is 37.0 Å². The largest absolute Gasteiger partial charge is 0.352 e. The average molecular weight is 354 g/mol. The number of rotatable bonds is 6. The quantitative estimate of drug-likeness (QED) is 0.761. The summed E-state index contributed by atoms with van der Waals surface area (Å²) in [6.07, 6.45) is 3.98. The second-order valence-corrected chi connectivity index (χ2v) is 6.87. The molecule has 1 saturated heterocycles. The fourth-order valence-corrected chi connectivity index (χ4v) is 3.63. The van der Waals surface area contributed by atoms with Crippen LogP contribution in [0.4, 0.5) is 4.79 Å². The highest BCUT2D eigenvalue weighted by Gasteiger charge is 2.51. The minimum atomic E-state index is -0.689. The second-order valence-electron chi connectivity index (χ2n) is 6.87. The van der Waals surface area contributed by atoms with Gasteiger partial charge in [0, 0.05) is 19.5 Å². The molecule has 1 heterocycles. The molecule has 1 spiro atoms. The number of carbonyl (C=O) groups excluding carboxylic acids is 3. The number of amides is 4. The first-order valence-corrected chi connectivity index (χ1v) is 8.94. The fourth-order valence-electron chi connectivity index (χ4n) is 3.63. The molecule has 1 aromatic carbocycles. The van der Waals surface area contributed by atoms with E-state index in [0.29, 0.717) is 31.4 Å². The van der Waals surface area contributed by atoms with E-state index in [9.17, 15) is 14.4 Å². The molecule has 0 bridgehead atoms. The highest BCUT2D eigenvalue weighted by Crippen LogP contribution is 2.35. The summed E-state index contributed by atoms with van der Waals surface area (Å²) in [4.78, 5) is 37.8. The lowest BCUT2D eigenvalue weighted by atomic mass is 9.98. The van der Waals surface area contributed by atoms with Crippen LogP contribution in [0.1, 0.15) is 49.7 Å². The Morgan fingerprint density at radius 2 is 2.08 bits per heavy atom. The van der Waals surface area contributed by atoms with Crippen LogP contribution < -0.4 is 10.6 Å². The Morgan fingerprint density at radius 1 is 1.31 bits per heavy atom. The maximum atomic E-state index is 12.5. The number of benzene rings is 1. The van der Waals surface area contributed by atoms with Gasteiger partial charge in [-0.15, -0.1) is 0 Å². The number of carbonyl (C=O) groups is 3. The van der Waals surface area contributed by atoms with Gasteiger partial charge in [0.15, 0.2) is 0 Å². The predicted molar refractivity (Wildman–Crippen MR) is 93.7 cm³/mol. The van der Waals surface area contributed by atoms with Gasteiger partial charge in [0.25, 0.3) is 5.91 Å². The molecule has 1 aliphatic heterocycles. The third-order valence-electron chi connectivity index (χ3n) is 5.03. The Labute approximate surface area is 152 Å². The van der Waals surface area contributed by atoms with Crippen molar-refractivity contribution in [1.29, 1.82) is 5.26 Å². The summed E-state index contributed by atoms with van der Waals surface area (Å²) >= 11 is 0. The highest BCUT2D eigenvalue weighted by molar-refractivity contribution is 6.07. The van der Waals surface area contributed by atoms with Crippen molar-refractivity contribution in [2.24, 2.45) is 0 Å². The van der Waals surface area contributed by atoms with Crippen LogP contribution in [0, 0.1) is 11.3 Å². The Kier molecular flexibility index (Phi) is 5.21. The van der Waals surface area contributed by atoms with E-state index >= 15 is 0 Å². The van der Waals surface area contributed by atoms with Crippen molar-refractivity contribution >= 4 is 17.8 Å². The maximum absolute atomic E-state index is 12.5. The summed E-state index contributed by atoms with van der Waals surface area (Å²) in [6.45, 7) is 0.602. The molecule has 0 radical (unpaired) electrons. The topological polar surface area (TPSA) is 102 Å². The molecule has 1 aliphatic carbocycles. The normalized spacial score (nSPS) is 18.0. The molecule has 0 unspecified atom stereocenters. The van der Waals surface area contributed by atoms with Crippen molar-refractivity contribution in [3.05, 3.63) is 35.4 Å². The Bertz CT molecular complexity index is 762. The molecule has 26 heavy (non-hydrogen) atoms. The zero-order valence-corrected chi connectivity index (χ0v) is 14.6. The Morgan fingerprint density at radius 3 is 2.81 bits per heavy atom. The minimum Gasteiger partial charge on any atom is -0.352 e. The van der Waals surface area contributed by atoms with E-state index in [1.165, 1.54) is 4.90 Å². The Balaban J connectivity index is 1.43. The molecule has 0 aromatic heterocycles. The summed E-state index contributed by atoms with van der Waals surface area (Å²) in [5, 5.41) is 14.5. The monoisotopic (exact) mass is 354 g/mol. The summed E-state index contributed by atoms with van der Waals surface area (Å²) in [5.74, 6) is -0.288. The molecule has 2 aliphatic rings. The third kappa shape index (κ3) is 3.69. The highest BCUT2D eigenvalue weighted by atomic mass is 16.2. The number of nitriles is 1. The fraction of sp³-hybridized carbons (Fsp3) is 0.474. The molecule has 4 amide bonds. The lowest BCUT2D eigenvalue weighted by molar-refractivity contribution is -0.131. The minimum absolute atomic E-state index is 0.144. The standard InChI is InChI=1S/C19H22N4O3/c20-12-14-5-3-6-15(11-14)13-21-16(24)7-4-10-23-17(25)19(22-18(23)26)8-1-2-9-19/h3,5-6,11H,1-2,4,7-10,13H2,(H,21,24)(H,22,26). The van der Waals surface area contributed by atoms with Gasteiger partial charge in [-0.3, -0.25) is 14.5 Å². The van der Waals surface area contributed by atoms with Crippen LogP contribution in [0.2, 0.25) is 0 Å². The number of hydrogen-bond donors (Lipinski definition) is 2. The van der Waals surface area contributed by atoms with E-state index in [1.807, 2.05) is 6.07 Å². The molecule has 136 valence electrons. The molecule has 0 atom stereocenters. The predicted octanol–water partition coefficient (Wildman–Crippen LogP) is 1.82. The van der Waals surface area contributed by atoms with Crippen molar-refractivity contribution in [2.75, 3.05) is 6.54 Å². The van der Waals surface area contributed by atoms with Gasteiger partial charge >= 0.3 is 6.03 Å². The van der Waals surface area contributed by atoms with Crippen molar-refractivity contribution in [3.8, 4) is 6.07 Å². The summed E-state index contributed by atoms with van der Waals surface area (Å²) in [7, 11) is 0. The lowest BCUT2D eigenvalue weighted by Gasteiger charge is -2.19. The smallest absolute Gasteiger partial charge is 0.325 e. The molecular weight excluding hydrogens is 332 g/mol. The van der Waals surface area contributed by atoms with Crippen LogP contribution >= 0.6 is 0 Å². The van der Waals surface area contributed by atoms with Crippen molar-refractivity contribution in [1.82, 2.24) is 15.5 Å². The van der Waals surface area contributed by atoms with Gasteiger partial charge in [0.2, 0.25) is 5.91 Å². The van der Waals surface area contributed by atoms with Crippen LogP contribution in [0.25, 0.3) is 0 Å². The zero-order valence-electron chi connectivity index (χ0n) is 14.6. The van der Waals surface area contributed by atoms with Crippen molar-refractivity contribution < 1.29 is 14.4 Å². The van der Waals surface area contributed by atoms with Gasteiger partial charge in [0.1, 0.15) is 5.54 Å². The number of nitrogens with zero attached hydrogens (tertiary/aromatic N) is 2. The summed E-state index contributed by atoms with van der Waals surface area (Å²) in [5.41, 5.74) is 0.719. The lowest BCUT2D eigenvalue weighted by Crippen LogP contribution is -2.44. The van der Waals surface area contributed by atoms with Gasteiger partial charge in [-0.2, -0.15) is 5.26 Å². The van der Waals surface area contributed by atoms with Gasteiger partial charge < -0.3 is 10.6 Å². The van der Waals surface area contributed by atoms with Gasteiger partial charge in [-0.1, -0.05) is 25.0 Å². The van der Waals surface area contributed by atoms with E-state index in [1.54, 1.807) is 18.2 Å². The van der Waals surface area contributed by atoms with Crippen LogP contribution in [0.3, 0.4) is 0 Å².